The van der Waals surface area contributed by atoms with Crippen molar-refractivity contribution >= 4 is 6.09 Å². The molecule has 1 N–H and O–H groups in total. The van der Waals surface area contributed by atoms with Crippen LogP contribution in [0.5, 0.6) is 0 Å². The van der Waals surface area contributed by atoms with Crippen LogP contribution in [0.15, 0.2) is 34.5 Å². The Morgan fingerprint density at radius 1 is 1.44 bits per heavy atom. The smallest absolute Gasteiger partial charge is 0.407 e. The van der Waals surface area contributed by atoms with E-state index < -0.39 is 0 Å². The number of fused-ring (bicyclic) bond motifs is 2. The third-order valence-corrected chi connectivity index (χ3v) is 5.95. The Hall–Kier alpha value is -1.75. The maximum Gasteiger partial charge on any atom is 0.407 e. The molecule has 0 aromatic carbocycles. The van der Waals surface area contributed by atoms with Crippen molar-refractivity contribution in [1.29, 1.82) is 0 Å². The van der Waals surface area contributed by atoms with E-state index in [9.17, 15) is 4.79 Å². The third-order valence-electron chi connectivity index (χ3n) is 5.95. The Morgan fingerprint density at radius 3 is 2.84 bits per heavy atom. The number of alkyl carbamates (subject to hydrolysis) is 1. The molecular weight excluding hydrogens is 318 g/mol. The lowest BCUT2D eigenvalue weighted by Crippen LogP contribution is -2.54. The quantitative estimate of drug-likeness (QED) is 0.824. The number of furan rings is 1. The summed E-state index contributed by atoms with van der Waals surface area (Å²) < 4.78 is 17.5. The summed E-state index contributed by atoms with van der Waals surface area (Å²) in [7, 11) is 0. The highest BCUT2D eigenvalue weighted by Gasteiger charge is 2.55. The number of allylic oxidation sites excluding steroid dienone is 1. The van der Waals surface area contributed by atoms with Gasteiger partial charge in [0.15, 0.2) is 0 Å². The summed E-state index contributed by atoms with van der Waals surface area (Å²) in [5.41, 5.74) is 1.12. The second kappa shape index (κ2) is 6.87. The van der Waals surface area contributed by atoms with Gasteiger partial charge in [0.1, 0.15) is 18.5 Å². The van der Waals surface area contributed by atoms with Crippen molar-refractivity contribution in [3.63, 3.8) is 0 Å². The molecule has 2 heterocycles. The normalized spacial score (nSPS) is 34.6. The first-order chi connectivity index (χ1) is 11.8. The molecule has 3 rings (SSSR count). The maximum atomic E-state index is 12.0. The van der Waals surface area contributed by atoms with Crippen LogP contribution in [0.2, 0.25) is 0 Å². The molecule has 2 aliphatic rings. The Morgan fingerprint density at radius 2 is 2.20 bits per heavy atom. The largest absolute Gasteiger partial charge is 0.467 e. The number of ether oxygens (including phenoxy) is 2. The number of rotatable bonds is 4. The lowest BCUT2D eigenvalue weighted by molar-refractivity contribution is -0.170. The first kappa shape index (κ1) is 18.1. The van der Waals surface area contributed by atoms with Gasteiger partial charge in [0, 0.05) is 17.4 Å². The SMILES string of the molecule is CC1=C[C@@H](C)[C@@]2(COC(=O)NC(C)C)CO[C@H](c3ccco3)[C@@H]1[C@@H]2C. The fourth-order valence-electron chi connectivity index (χ4n) is 4.44. The zero-order valence-electron chi connectivity index (χ0n) is 15.7. The Balaban J connectivity index is 1.82. The highest BCUT2D eigenvalue weighted by Crippen LogP contribution is 2.56. The molecule has 0 saturated carbocycles. The van der Waals surface area contributed by atoms with Gasteiger partial charge in [0.2, 0.25) is 0 Å². The van der Waals surface area contributed by atoms with Crippen LogP contribution in [0.3, 0.4) is 0 Å². The van der Waals surface area contributed by atoms with Crippen LogP contribution in [-0.2, 0) is 9.47 Å². The van der Waals surface area contributed by atoms with Crippen molar-refractivity contribution in [2.45, 2.75) is 46.8 Å². The lowest BCUT2D eigenvalue weighted by atomic mass is 9.56. The van der Waals surface area contributed by atoms with E-state index in [0.29, 0.717) is 19.1 Å². The number of hydrogen-bond donors (Lipinski definition) is 1. The molecule has 0 unspecified atom stereocenters. The number of carbonyl (C=O) groups excluding carboxylic acids is 1. The lowest BCUT2D eigenvalue weighted by Gasteiger charge is -2.54. The van der Waals surface area contributed by atoms with Gasteiger partial charge in [-0.2, -0.15) is 0 Å². The highest BCUT2D eigenvalue weighted by atomic mass is 16.6. The Bertz CT molecular complexity index is 636. The van der Waals surface area contributed by atoms with Crippen LogP contribution in [0.25, 0.3) is 0 Å². The van der Waals surface area contributed by atoms with Crippen LogP contribution in [-0.4, -0.2) is 25.3 Å². The molecule has 2 bridgehead atoms. The number of carbonyl (C=O) groups is 1. The summed E-state index contributed by atoms with van der Waals surface area (Å²) in [5, 5.41) is 2.79. The average molecular weight is 347 g/mol. The van der Waals surface area contributed by atoms with E-state index in [4.69, 9.17) is 13.9 Å². The van der Waals surface area contributed by atoms with E-state index in [0.717, 1.165) is 5.76 Å². The maximum absolute atomic E-state index is 12.0. The van der Waals surface area contributed by atoms with Gasteiger partial charge in [-0.1, -0.05) is 25.5 Å². The molecule has 0 radical (unpaired) electrons. The fraction of sp³-hybridized carbons (Fsp3) is 0.650. The predicted molar refractivity (Wildman–Crippen MR) is 95.0 cm³/mol. The molecule has 1 aromatic rings. The first-order valence-corrected chi connectivity index (χ1v) is 9.12. The van der Waals surface area contributed by atoms with Gasteiger partial charge in [-0.25, -0.2) is 4.79 Å². The fourth-order valence-corrected chi connectivity index (χ4v) is 4.44. The van der Waals surface area contributed by atoms with E-state index in [1.165, 1.54) is 5.57 Å². The first-order valence-electron chi connectivity index (χ1n) is 9.12. The molecule has 1 saturated heterocycles. The summed E-state index contributed by atoms with van der Waals surface area (Å²) in [5.74, 6) is 1.70. The molecule has 1 aliphatic heterocycles. The molecular formula is C20H29NO4. The molecule has 1 amide bonds. The second-order valence-corrected chi connectivity index (χ2v) is 7.87. The zero-order chi connectivity index (χ0) is 18.2. The number of amides is 1. The zero-order valence-corrected chi connectivity index (χ0v) is 15.7. The van der Waals surface area contributed by atoms with Gasteiger partial charge >= 0.3 is 6.09 Å². The average Bonchev–Trinajstić information content (AvgIpc) is 3.05. The molecule has 1 fully saturated rings. The van der Waals surface area contributed by atoms with E-state index in [-0.39, 0.29) is 35.5 Å². The molecule has 5 atom stereocenters. The summed E-state index contributed by atoms with van der Waals surface area (Å²) in [6, 6.07) is 3.93. The Kier molecular flexibility index (Phi) is 4.96. The van der Waals surface area contributed by atoms with Crippen molar-refractivity contribution in [3.8, 4) is 0 Å². The standard InChI is InChI=1S/C20H29NO4/c1-12(2)21-19(22)25-11-20-10-24-18(16-7-6-8-23-16)17(15(20)5)13(3)9-14(20)4/h6-9,12,14-15,17-18H,10-11H2,1-5H3,(H,21,22)/t14-,15+,17+,18-,20+/m1/s1. The van der Waals surface area contributed by atoms with Gasteiger partial charge in [-0.3, -0.25) is 0 Å². The monoisotopic (exact) mass is 347 g/mol. The van der Waals surface area contributed by atoms with E-state index in [1.807, 2.05) is 26.0 Å². The summed E-state index contributed by atoms with van der Waals surface area (Å²) in [6.07, 6.45) is 3.56. The van der Waals surface area contributed by atoms with Gasteiger partial charge in [0.25, 0.3) is 0 Å². The minimum absolute atomic E-state index is 0.0621. The van der Waals surface area contributed by atoms with Gasteiger partial charge in [-0.15, -0.1) is 0 Å². The van der Waals surface area contributed by atoms with Crippen molar-refractivity contribution in [2.75, 3.05) is 13.2 Å². The van der Waals surface area contributed by atoms with E-state index >= 15 is 0 Å². The van der Waals surface area contributed by atoms with Gasteiger partial charge in [0.05, 0.1) is 12.9 Å². The highest BCUT2D eigenvalue weighted by molar-refractivity contribution is 5.67. The number of nitrogens with one attached hydrogen (secondary N) is 1. The van der Waals surface area contributed by atoms with Crippen LogP contribution in [0.4, 0.5) is 4.79 Å². The van der Waals surface area contributed by atoms with E-state index in [2.05, 4.69) is 32.2 Å². The van der Waals surface area contributed by atoms with Gasteiger partial charge < -0.3 is 19.2 Å². The molecule has 138 valence electrons. The minimum atomic E-state index is -0.361. The number of hydrogen-bond acceptors (Lipinski definition) is 4. The topological polar surface area (TPSA) is 60.7 Å². The van der Waals surface area contributed by atoms with E-state index in [1.54, 1.807) is 6.26 Å². The minimum Gasteiger partial charge on any atom is -0.467 e. The van der Waals surface area contributed by atoms with Crippen molar-refractivity contribution in [2.24, 2.45) is 23.2 Å². The summed E-state index contributed by atoms with van der Waals surface area (Å²) in [6.45, 7) is 11.4. The molecule has 5 nitrogen and oxygen atoms in total. The van der Waals surface area contributed by atoms with Crippen LogP contribution in [0, 0.1) is 23.2 Å². The summed E-state index contributed by atoms with van der Waals surface area (Å²) >= 11 is 0. The Labute approximate surface area is 149 Å². The third kappa shape index (κ3) is 3.22. The van der Waals surface area contributed by atoms with Gasteiger partial charge in [-0.05, 0) is 44.7 Å². The van der Waals surface area contributed by atoms with Crippen LogP contribution < -0.4 is 5.32 Å². The molecule has 5 heteroatoms. The van der Waals surface area contributed by atoms with Crippen molar-refractivity contribution < 1.29 is 18.7 Å². The summed E-state index contributed by atoms with van der Waals surface area (Å²) in [4.78, 5) is 12.0. The molecule has 0 spiro atoms. The van der Waals surface area contributed by atoms with Crippen molar-refractivity contribution in [3.05, 3.63) is 35.8 Å². The molecule has 25 heavy (non-hydrogen) atoms. The molecule has 1 aliphatic carbocycles. The molecule has 1 aromatic heterocycles. The second-order valence-electron chi connectivity index (χ2n) is 7.87. The van der Waals surface area contributed by atoms with Crippen LogP contribution in [0.1, 0.15) is 46.5 Å². The van der Waals surface area contributed by atoms with Crippen molar-refractivity contribution in [1.82, 2.24) is 5.32 Å². The predicted octanol–water partition coefficient (Wildman–Crippen LogP) is 4.32. The van der Waals surface area contributed by atoms with Crippen LogP contribution >= 0.6 is 0 Å².